The molecule has 0 aliphatic heterocycles. The summed E-state index contributed by atoms with van der Waals surface area (Å²) in [5.41, 5.74) is 2.32. The van der Waals surface area contributed by atoms with Crippen molar-refractivity contribution in [2.75, 3.05) is 20.6 Å². The summed E-state index contributed by atoms with van der Waals surface area (Å²) in [6, 6.07) is 15.4. The molecule has 0 aliphatic carbocycles. The lowest BCUT2D eigenvalue weighted by Crippen LogP contribution is -2.27. The predicted octanol–water partition coefficient (Wildman–Crippen LogP) is 4.13. The third-order valence-electron chi connectivity index (χ3n) is 3.97. The topological polar surface area (TPSA) is 47.4 Å². The molecule has 0 unspecified atom stereocenters. The summed E-state index contributed by atoms with van der Waals surface area (Å²) in [4.78, 5) is 14.6. The summed E-state index contributed by atoms with van der Waals surface area (Å²) in [6.07, 6.45) is -0.531. The van der Waals surface area contributed by atoms with Crippen LogP contribution in [0.25, 0.3) is 10.9 Å². The lowest BCUT2D eigenvalue weighted by molar-refractivity contribution is 0.0522. The first-order chi connectivity index (χ1) is 14.2. The van der Waals surface area contributed by atoms with Gasteiger partial charge in [0, 0.05) is 16.5 Å². The lowest BCUT2D eigenvalue weighted by Gasteiger charge is -2.19. The van der Waals surface area contributed by atoms with E-state index >= 15 is 0 Å². The van der Waals surface area contributed by atoms with Gasteiger partial charge in [0.25, 0.3) is 0 Å². The highest BCUT2D eigenvalue weighted by Crippen LogP contribution is 2.21. The first kappa shape index (κ1) is 21.2. The summed E-state index contributed by atoms with van der Waals surface area (Å²) >= 11 is 0. The summed E-state index contributed by atoms with van der Waals surface area (Å²) in [5.74, 6) is 12.5. The van der Waals surface area contributed by atoms with Crippen LogP contribution in [0.2, 0.25) is 0 Å². The monoisotopic (exact) mass is 399 g/mol. The Balaban J connectivity index is 2.05. The summed E-state index contributed by atoms with van der Waals surface area (Å²) < 4.78 is 6.77. The highest BCUT2D eigenvalue weighted by molar-refractivity contribution is 5.92. The molecular weight excluding hydrogens is 374 g/mol. The van der Waals surface area contributed by atoms with Crippen molar-refractivity contribution >= 4 is 17.0 Å². The zero-order valence-electron chi connectivity index (χ0n) is 18.0. The largest absolute Gasteiger partial charge is 0.442 e. The number of nitrogens with zero attached hydrogens (tertiary/aromatic N) is 3. The normalized spacial score (nSPS) is 10.9. The Labute approximate surface area is 177 Å². The smallest absolute Gasteiger partial charge is 0.435 e. The van der Waals surface area contributed by atoms with Crippen molar-refractivity contribution in [3.63, 3.8) is 0 Å². The molecule has 0 aliphatic rings. The minimum Gasteiger partial charge on any atom is -0.442 e. The van der Waals surface area contributed by atoms with Crippen LogP contribution in [-0.4, -0.2) is 47.0 Å². The number of carbonyl (C=O) groups excluding carboxylic acids is 1. The Morgan fingerprint density at radius 3 is 2.40 bits per heavy atom. The van der Waals surface area contributed by atoms with E-state index in [1.54, 1.807) is 0 Å². The van der Waals surface area contributed by atoms with Gasteiger partial charge in [-0.2, -0.15) is 9.78 Å². The van der Waals surface area contributed by atoms with Gasteiger partial charge in [0.05, 0.1) is 12.1 Å². The van der Waals surface area contributed by atoms with E-state index in [2.05, 4.69) is 28.8 Å². The molecule has 0 amide bonds. The predicted molar refractivity (Wildman–Crippen MR) is 119 cm³/mol. The molecule has 0 saturated heterocycles. The van der Waals surface area contributed by atoms with E-state index in [0.29, 0.717) is 17.8 Å². The molecule has 3 aromatic rings. The van der Waals surface area contributed by atoms with Crippen molar-refractivity contribution in [1.29, 1.82) is 0 Å². The Morgan fingerprint density at radius 2 is 1.73 bits per heavy atom. The number of fused-ring (bicyclic) bond motifs is 1. The molecule has 0 atom stereocenters. The Bertz CT molecular complexity index is 1180. The van der Waals surface area contributed by atoms with Gasteiger partial charge >= 0.3 is 6.09 Å². The van der Waals surface area contributed by atoms with Gasteiger partial charge in [0.1, 0.15) is 11.3 Å². The van der Waals surface area contributed by atoms with E-state index in [9.17, 15) is 4.79 Å². The maximum atomic E-state index is 12.7. The van der Waals surface area contributed by atoms with Crippen LogP contribution in [0.15, 0.2) is 48.5 Å². The molecule has 30 heavy (non-hydrogen) atoms. The lowest BCUT2D eigenvalue weighted by atomic mass is 10.1. The van der Waals surface area contributed by atoms with Crippen molar-refractivity contribution in [2.24, 2.45) is 0 Å². The molecule has 0 fully saturated rings. The zero-order valence-corrected chi connectivity index (χ0v) is 18.0. The van der Waals surface area contributed by atoms with Crippen LogP contribution in [0.3, 0.4) is 0 Å². The molecule has 0 N–H and O–H groups in total. The van der Waals surface area contributed by atoms with Crippen LogP contribution in [0.4, 0.5) is 4.79 Å². The van der Waals surface area contributed by atoms with Crippen molar-refractivity contribution in [2.45, 2.75) is 26.4 Å². The van der Waals surface area contributed by atoms with Gasteiger partial charge in [-0.25, -0.2) is 4.79 Å². The van der Waals surface area contributed by atoms with Crippen molar-refractivity contribution < 1.29 is 9.53 Å². The molecule has 0 bridgehead atoms. The molecule has 1 aromatic heterocycles. The van der Waals surface area contributed by atoms with E-state index in [1.807, 2.05) is 88.3 Å². The van der Waals surface area contributed by atoms with Crippen LogP contribution < -0.4 is 0 Å². The molecule has 3 rings (SSSR count). The maximum Gasteiger partial charge on any atom is 0.435 e. The average molecular weight is 399 g/mol. The first-order valence-electron chi connectivity index (χ1n) is 9.70. The molecule has 0 radical (unpaired) electrons. The number of rotatable bonds is 1. The van der Waals surface area contributed by atoms with Gasteiger partial charge in [-0.1, -0.05) is 36.0 Å². The minimum absolute atomic E-state index is 0.529. The Hall–Kier alpha value is -3.54. The van der Waals surface area contributed by atoms with E-state index in [1.165, 1.54) is 4.68 Å². The molecule has 5 heteroatoms. The van der Waals surface area contributed by atoms with E-state index in [-0.39, 0.29) is 0 Å². The molecule has 2 aromatic carbocycles. The number of carbonyl (C=O) groups is 1. The molecule has 1 heterocycles. The first-order valence-corrected chi connectivity index (χ1v) is 9.70. The van der Waals surface area contributed by atoms with Crippen LogP contribution >= 0.6 is 0 Å². The second kappa shape index (κ2) is 8.86. The van der Waals surface area contributed by atoms with Crippen LogP contribution in [0.5, 0.6) is 0 Å². The quantitative estimate of drug-likeness (QED) is 0.577. The number of aromatic nitrogens is 2. The summed E-state index contributed by atoms with van der Waals surface area (Å²) in [5, 5.41) is 5.20. The maximum absolute atomic E-state index is 12.7. The van der Waals surface area contributed by atoms with Crippen LogP contribution in [-0.2, 0) is 4.74 Å². The molecule has 0 spiro atoms. The Kier molecular flexibility index (Phi) is 6.26. The fourth-order valence-electron chi connectivity index (χ4n) is 2.68. The van der Waals surface area contributed by atoms with Crippen molar-refractivity contribution in [1.82, 2.24) is 14.7 Å². The van der Waals surface area contributed by atoms with Crippen LogP contribution in [0.1, 0.15) is 37.6 Å². The standard InChI is InChI=1S/C25H25N3O2/c1-25(2,3)30-24(29)28-23-16-15-20(14-13-19-10-7-6-8-11-19)18-21(23)22(26-28)12-9-17-27(4)5/h6-8,10-11,15-16,18H,17H2,1-5H3. The SMILES string of the molecule is CN(C)CC#Cc1nn(C(=O)OC(C)(C)C)c2ccc(C#Cc3ccccc3)cc12. The van der Waals surface area contributed by atoms with Crippen molar-refractivity contribution in [3.05, 3.63) is 65.4 Å². The van der Waals surface area contributed by atoms with Gasteiger partial charge in [0.2, 0.25) is 0 Å². The molecule has 0 saturated carbocycles. The van der Waals surface area contributed by atoms with Crippen molar-refractivity contribution in [3.8, 4) is 23.7 Å². The number of hydrogen-bond donors (Lipinski definition) is 0. The minimum atomic E-state index is -0.618. The number of benzene rings is 2. The van der Waals surface area contributed by atoms with Gasteiger partial charge in [0.15, 0.2) is 0 Å². The van der Waals surface area contributed by atoms with Gasteiger partial charge in [-0.15, -0.1) is 0 Å². The summed E-state index contributed by atoms with van der Waals surface area (Å²) in [7, 11) is 3.90. The van der Waals surface area contributed by atoms with E-state index < -0.39 is 11.7 Å². The second-order valence-electron chi connectivity index (χ2n) is 8.13. The summed E-state index contributed by atoms with van der Waals surface area (Å²) in [6.45, 7) is 6.07. The molecular formula is C25H25N3O2. The number of hydrogen-bond acceptors (Lipinski definition) is 4. The van der Waals surface area contributed by atoms with Gasteiger partial charge in [-0.3, -0.25) is 4.90 Å². The molecule has 152 valence electrons. The van der Waals surface area contributed by atoms with Gasteiger partial charge < -0.3 is 4.74 Å². The van der Waals surface area contributed by atoms with Gasteiger partial charge in [-0.05, 0) is 71.1 Å². The fraction of sp³-hybridized carbons (Fsp3) is 0.280. The Morgan fingerprint density at radius 1 is 1.03 bits per heavy atom. The highest BCUT2D eigenvalue weighted by Gasteiger charge is 2.21. The average Bonchev–Trinajstić information content (AvgIpc) is 3.04. The van der Waals surface area contributed by atoms with Crippen LogP contribution in [0, 0.1) is 23.7 Å². The second-order valence-corrected chi connectivity index (χ2v) is 8.13. The number of ether oxygens (including phenoxy) is 1. The van der Waals surface area contributed by atoms with E-state index in [4.69, 9.17) is 4.74 Å². The zero-order chi connectivity index (χ0) is 21.7. The third-order valence-corrected chi connectivity index (χ3v) is 3.97. The molecule has 5 nitrogen and oxygen atoms in total. The third kappa shape index (κ3) is 5.50. The fourth-order valence-corrected chi connectivity index (χ4v) is 2.68. The van der Waals surface area contributed by atoms with E-state index in [0.717, 1.165) is 16.5 Å². The highest BCUT2D eigenvalue weighted by atomic mass is 16.6.